The monoisotopic (exact) mass is 260 g/mol. The highest BCUT2D eigenvalue weighted by atomic mass is 16.5. The van der Waals surface area contributed by atoms with Gasteiger partial charge in [0.05, 0.1) is 6.61 Å². The van der Waals surface area contributed by atoms with E-state index in [0.29, 0.717) is 6.04 Å². The zero-order valence-electron chi connectivity index (χ0n) is 11.5. The molecule has 0 spiro atoms. The average molecular weight is 260 g/mol. The van der Waals surface area contributed by atoms with Crippen molar-refractivity contribution in [1.82, 2.24) is 10.6 Å². The Kier molecular flexibility index (Phi) is 4.49. The number of hydrogen-bond acceptors (Lipinski definition) is 3. The van der Waals surface area contributed by atoms with Crippen molar-refractivity contribution in [3.05, 3.63) is 35.4 Å². The molecule has 0 radical (unpaired) electrons. The first kappa shape index (κ1) is 13.1. The van der Waals surface area contributed by atoms with Crippen LogP contribution in [0.3, 0.4) is 0 Å². The van der Waals surface area contributed by atoms with Crippen molar-refractivity contribution in [3.63, 3.8) is 0 Å². The van der Waals surface area contributed by atoms with Gasteiger partial charge in [-0.15, -0.1) is 0 Å². The third-order valence-electron chi connectivity index (χ3n) is 4.03. The van der Waals surface area contributed by atoms with Gasteiger partial charge in [-0.25, -0.2) is 0 Å². The number of hydrogen-bond donors (Lipinski definition) is 2. The highest BCUT2D eigenvalue weighted by Gasteiger charge is 2.21. The van der Waals surface area contributed by atoms with E-state index in [1.165, 1.54) is 24.0 Å². The lowest BCUT2D eigenvalue weighted by molar-refractivity contribution is 0.125. The lowest BCUT2D eigenvalue weighted by Gasteiger charge is -2.26. The maximum absolute atomic E-state index is 5.62. The quantitative estimate of drug-likeness (QED) is 0.732. The van der Waals surface area contributed by atoms with Crippen LogP contribution in [-0.2, 0) is 17.7 Å². The highest BCUT2D eigenvalue weighted by Crippen LogP contribution is 2.28. The van der Waals surface area contributed by atoms with Crippen LogP contribution in [0.4, 0.5) is 0 Å². The summed E-state index contributed by atoms with van der Waals surface area (Å²) in [7, 11) is 0. The summed E-state index contributed by atoms with van der Waals surface area (Å²) >= 11 is 0. The molecular weight excluding hydrogens is 236 g/mol. The van der Waals surface area contributed by atoms with Gasteiger partial charge in [0.15, 0.2) is 0 Å². The van der Waals surface area contributed by atoms with E-state index in [1.807, 2.05) is 0 Å². The van der Waals surface area contributed by atoms with Gasteiger partial charge in [0.2, 0.25) is 0 Å². The summed E-state index contributed by atoms with van der Waals surface area (Å²) in [4.78, 5) is 0. The molecule has 0 amide bonds. The molecule has 19 heavy (non-hydrogen) atoms. The Morgan fingerprint density at radius 3 is 2.89 bits per heavy atom. The fourth-order valence-electron chi connectivity index (χ4n) is 2.62. The molecule has 0 aromatic heterocycles. The molecule has 0 bridgehead atoms. The zero-order chi connectivity index (χ0) is 12.9. The van der Waals surface area contributed by atoms with Gasteiger partial charge >= 0.3 is 0 Å². The largest absolute Gasteiger partial charge is 0.380 e. The first-order valence-electron chi connectivity index (χ1n) is 7.50. The molecule has 3 rings (SSSR count). The Labute approximate surface area is 115 Å². The molecule has 1 aliphatic carbocycles. The van der Waals surface area contributed by atoms with Crippen LogP contribution in [0, 0.1) is 5.92 Å². The van der Waals surface area contributed by atoms with E-state index in [0.717, 1.165) is 45.2 Å². The molecule has 104 valence electrons. The number of nitrogens with one attached hydrogen (secondary N) is 2. The van der Waals surface area contributed by atoms with Gasteiger partial charge in [0.25, 0.3) is 0 Å². The van der Waals surface area contributed by atoms with E-state index in [9.17, 15) is 0 Å². The van der Waals surface area contributed by atoms with Gasteiger partial charge in [-0.05, 0) is 36.3 Å². The Bertz CT molecular complexity index is 403. The Balaban J connectivity index is 1.31. The second-order valence-electron chi connectivity index (χ2n) is 5.77. The molecule has 3 nitrogen and oxygen atoms in total. The minimum atomic E-state index is 0.554. The Morgan fingerprint density at radius 1 is 1.21 bits per heavy atom. The minimum absolute atomic E-state index is 0.554. The predicted molar refractivity (Wildman–Crippen MR) is 77.2 cm³/mol. The van der Waals surface area contributed by atoms with E-state index in [2.05, 4.69) is 34.9 Å². The SMILES string of the molecule is c1ccc2c(c1)CNC(CNCCOCC1CC1)C2. The minimum Gasteiger partial charge on any atom is -0.380 e. The van der Waals surface area contributed by atoms with Crippen molar-refractivity contribution in [3.8, 4) is 0 Å². The van der Waals surface area contributed by atoms with Crippen LogP contribution in [0.15, 0.2) is 24.3 Å². The first-order valence-corrected chi connectivity index (χ1v) is 7.50. The zero-order valence-corrected chi connectivity index (χ0v) is 11.5. The van der Waals surface area contributed by atoms with Crippen LogP contribution >= 0.6 is 0 Å². The van der Waals surface area contributed by atoms with Crippen molar-refractivity contribution in [2.45, 2.75) is 31.8 Å². The van der Waals surface area contributed by atoms with E-state index >= 15 is 0 Å². The normalized spacial score (nSPS) is 22.2. The Hall–Kier alpha value is -0.900. The van der Waals surface area contributed by atoms with Crippen molar-refractivity contribution in [1.29, 1.82) is 0 Å². The van der Waals surface area contributed by atoms with E-state index < -0.39 is 0 Å². The van der Waals surface area contributed by atoms with E-state index in [-0.39, 0.29) is 0 Å². The molecule has 3 heteroatoms. The number of ether oxygens (including phenoxy) is 1. The standard InChI is InChI=1S/C16H24N2O/c1-2-4-15-10-18-16(9-14(15)3-1)11-17-7-8-19-12-13-5-6-13/h1-4,13,16-18H,5-12H2. The van der Waals surface area contributed by atoms with Crippen LogP contribution in [-0.4, -0.2) is 32.3 Å². The lowest BCUT2D eigenvalue weighted by atomic mass is 9.96. The molecule has 1 fully saturated rings. The first-order chi connectivity index (χ1) is 9.42. The van der Waals surface area contributed by atoms with Gasteiger partial charge in [0.1, 0.15) is 0 Å². The maximum Gasteiger partial charge on any atom is 0.0591 e. The van der Waals surface area contributed by atoms with Gasteiger partial charge in [-0.2, -0.15) is 0 Å². The van der Waals surface area contributed by atoms with Crippen molar-refractivity contribution < 1.29 is 4.74 Å². The Morgan fingerprint density at radius 2 is 2.05 bits per heavy atom. The molecular formula is C16H24N2O. The smallest absolute Gasteiger partial charge is 0.0591 e. The number of benzene rings is 1. The van der Waals surface area contributed by atoms with Gasteiger partial charge in [-0.3, -0.25) is 0 Å². The van der Waals surface area contributed by atoms with Gasteiger partial charge in [-0.1, -0.05) is 24.3 Å². The van der Waals surface area contributed by atoms with Crippen LogP contribution in [0.2, 0.25) is 0 Å². The van der Waals surface area contributed by atoms with Crippen LogP contribution < -0.4 is 10.6 Å². The third-order valence-corrected chi connectivity index (χ3v) is 4.03. The van der Waals surface area contributed by atoms with Crippen LogP contribution in [0.5, 0.6) is 0 Å². The summed E-state index contributed by atoms with van der Waals surface area (Å²) in [6.45, 7) is 4.81. The van der Waals surface area contributed by atoms with Gasteiger partial charge < -0.3 is 15.4 Å². The number of rotatable bonds is 7. The molecule has 1 atom stereocenters. The molecule has 1 aromatic rings. The molecule has 2 N–H and O–H groups in total. The van der Waals surface area contributed by atoms with Crippen molar-refractivity contribution in [2.24, 2.45) is 5.92 Å². The molecule has 1 aromatic carbocycles. The van der Waals surface area contributed by atoms with Crippen LogP contribution in [0.1, 0.15) is 24.0 Å². The van der Waals surface area contributed by atoms with Crippen LogP contribution in [0.25, 0.3) is 0 Å². The topological polar surface area (TPSA) is 33.3 Å². The summed E-state index contributed by atoms with van der Waals surface area (Å²) in [6, 6.07) is 9.29. The lowest BCUT2D eigenvalue weighted by Crippen LogP contribution is -2.43. The fraction of sp³-hybridized carbons (Fsp3) is 0.625. The molecule has 0 saturated heterocycles. The second kappa shape index (κ2) is 6.51. The second-order valence-corrected chi connectivity index (χ2v) is 5.77. The fourth-order valence-corrected chi connectivity index (χ4v) is 2.62. The summed E-state index contributed by atoms with van der Waals surface area (Å²) in [5.41, 5.74) is 2.95. The molecule has 1 unspecified atom stereocenters. The summed E-state index contributed by atoms with van der Waals surface area (Å²) < 4.78 is 5.62. The highest BCUT2D eigenvalue weighted by molar-refractivity contribution is 5.29. The summed E-state index contributed by atoms with van der Waals surface area (Å²) in [5.74, 6) is 0.872. The summed E-state index contributed by atoms with van der Waals surface area (Å²) in [6.07, 6.45) is 3.88. The molecule has 2 aliphatic rings. The average Bonchev–Trinajstić information content (AvgIpc) is 3.27. The predicted octanol–water partition coefficient (Wildman–Crippen LogP) is 1.72. The maximum atomic E-state index is 5.62. The van der Waals surface area contributed by atoms with E-state index in [4.69, 9.17) is 4.74 Å². The third kappa shape index (κ3) is 4.03. The van der Waals surface area contributed by atoms with Crippen molar-refractivity contribution in [2.75, 3.05) is 26.3 Å². The van der Waals surface area contributed by atoms with Crippen molar-refractivity contribution >= 4 is 0 Å². The molecule has 1 aliphatic heterocycles. The van der Waals surface area contributed by atoms with E-state index in [1.54, 1.807) is 0 Å². The van der Waals surface area contributed by atoms with Gasteiger partial charge in [0, 0.05) is 32.3 Å². The molecule has 1 heterocycles. The summed E-state index contributed by atoms with van der Waals surface area (Å²) in [5, 5.41) is 7.08. The molecule has 1 saturated carbocycles. The number of fused-ring (bicyclic) bond motifs is 1.